The number of nitrogens with one attached hydrogen (secondary N) is 1. The molecule has 0 bridgehead atoms. The van der Waals surface area contributed by atoms with E-state index in [1.165, 1.54) is 16.2 Å². The maximum absolute atomic E-state index is 12.7. The Morgan fingerprint density at radius 3 is 2.69 bits per heavy atom. The van der Waals surface area contributed by atoms with Crippen LogP contribution in [-0.2, 0) is 17.8 Å². The number of amides is 1. The molecule has 0 spiro atoms. The summed E-state index contributed by atoms with van der Waals surface area (Å²) in [6, 6.07) is 12.1. The molecule has 4 rings (SSSR count). The number of aromatic amines is 1. The first-order valence-electron chi connectivity index (χ1n) is 9.28. The van der Waals surface area contributed by atoms with E-state index in [1.807, 2.05) is 55.6 Å². The minimum Gasteiger partial charge on any atom is -0.341 e. The molecule has 4 aromatic rings. The van der Waals surface area contributed by atoms with Crippen molar-refractivity contribution in [2.45, 2.75) is 26.8 Å². The molecule has 3 heterocycles. The van der Waals surface area contributed by atoms with Crippen LogP contribution in [0.5, 0.6) is 0 Å². The van der Waals surface area contributed by atoms with Crippen molar-refractivity contribution in [3.63, 3.8) is 0 Å². The summed E-state index contributed by atoms with van der Waals surface area (Å²) in [4.78, 5) is 37.4. The van der Waals surface area contributed by atoms with E-state index in [-0.39, 0.29) is 17.9 Å². The third kappa shape index (κ3) is 4.02. The summed E-state index contributed by atoms with van der Waals surface area (Å²) in [6.07, 6.45) is 0.0684. The van der Waals surface area contributed by atoms with Crippen LogP contribution in [0.25, 0.3) is 20.7 Å². The molecule has 1 amide bonds. The number of hydrogen-bond donors (Lipinski definition) is 1. The molecule has 29 heavy (non-hydrogen) atoms. The van der Waals surface area contributed by atoms with Gasteiger partial charge in [0.2, 0.25) is 5.91 Å². The van der Waals surface area contributed by atoms with Crippen LogP contribution in [0.15, 0.2) is 46.6 Å². The zero-order chi connectivity index (χ0) is 20.5. The molecule has 5 nitrogen and oxygen atoms in total. The summed E-state index contributed by atoms with van der Waals surface area (Å²) in [5, 5.41) is 2.56. The molecule has 0 saturated heterocycles. The zero-order valence-electron chi connectivity index (χ0n) is 16.5. The predicted octanol–water partition coefficient (Wildman–Crippen LogP) is 4.53. The summed E-state index contributed by atoms with van der Waals surface area (Å²) in [5.74, 6) is 0.321. The number of fused-ring (bicyclic) bond motifs is 1. The van der Waals surface area contributed by atoms with E-state index in [2.05, 4.69) is 9.97 Å². The predicted molar refractivity (Wildman–Crippen MR) is 120 cm³/mol. The lowest BCUT2D eigenvalue weighted by Gasteiger charge is -2.18. The van der Waals surface area contributed by atoms with Crippen molar-refractivity contribution in [2.24, 2.45) is 0 Å². The minimum absolute atomic E-state index is 0.0684. The second-order valence-corrected chi connectivity index (χ2v) is 9.25. The van der Waals surface area contributed by atoms with Gasteiger partial charge in [-0.05, 0) is 37.1 Å². The van der Waals surface area contributed by atoms with Crippen LogP contribution in [0.1, 0.15) is 21.8 Å². The van der Waals surface area contributed by atoms with Crippen molar-refractivity contribution in [3.8, 4) is 10.4 Å². The summed E-state index contributed by atoms with van der Waals surface area (Å²) >= 11 is 3.09. The van der Waals surface area contributed by atoms with Crippen LogP contribution >= 0.6 is 22.7 Å². The number of rotatable bonds is 5. The lowest BCUT2D eigenvalue weighted by molar-refractivity contribution is -0.129. The van der Waals surface area contributed by atoms with Crippen molar-refractivity contribution in [1.82, 2.24) is 14.9 Å². The monoisotopic (exact) mass is 423 g/mol. The van der Waals surface area contributed by atoms with Crippen molar-refractivity contribution < 1.29 is 4.79 Å². The topological polar surface area (TPSA) is 66.1 Å². The van der Waals surface area contributed by atoms with E-state index in [0.29, 0.717) is 22.6 Å². The maximum Gasteiger partial charge on any atom is 0.260 e. The van der Waals surface area contributed by atoms with Gasteiger partial charge in [0, 0.05) is 34.3 Å². The van der Waals surface area contributed by atoms with Gasteiger partial charge in [-0.3, -0.25) is 9.59 Å². The fourth-order valence-electron chi connectivity index (χ4n) is 3.25. The lowest BCUT2D eigenvalue weighted by atomic mass is 10.1. The third-order valence-corrected chi connectivity index (χ3v) is 6.82. The van der Waals surface area contributed by atoms with Gasteiger partial charge in [-0.1, -0.05) is 24.3 Å². The second kappa shape index (κ2) is 7.93. The van der Waals surface area contributed by atoms with Crippen LogP contribution in [0, 0.1) is 13.8 Å². The van der Waals surface area contributed by atoms with Crippen molar-refractivity contribution in [1.29, 1.82) is 0 Å². The van der Waals surface area contributed by atoms with Crippen LogP contribution < -0.4 is 5.56 Å². The summed E-state index contributed by atoms with van der Waals surface area (Å²) in [6.45, 7) is 4.60. The fraction of sp³-hybridized carbons (Fsp3) is 0.227. The first-order chi connectivity index (χ1) is 13.9. The fourth-order valence-corrected chi connectivity index (χ4v) is 5.17. The first kappa shape index (κ1) is 19.5. The Balaban J connectivity index is 1.56. The SMILES string of the molecule is Cc1ccc(-c2csc3nc(CC(=O)N(C)Cc4ccccc4C)[nH]c(=O)c23)s1. The van der Waals surface area contributed by atoms with E-state index in [1.54, 1.807) is 23.3 Å². The molecule has 0 unspecified atom stereocenters. The van der Waals surface area contributed by atoms with Gasteiger partial charge in [0.1, 0.15) is 10.7 Å². The number of carbonyl (C=O) groups is 1. The van der Waals surface area contributed by atoms with Gasteiger partial charge in [0.25, 0.3) is 5.56 Å². The summed E-state index contributed by atoms with van der Waals surface area (Å²) < 4.78 is 0. The van der Waals surface area contributed by atoms with E-state index in [9.17, 15) is 9.59 Å². The lowest BCUT2D eigenvalue weighted by Crippen LogP contribution is -2.29. The number of H-pyrrole nitrogens is 1. The molecule has 0 aliphatic heterocycles. The molecule has 0 radical (unpaired) electrons. The number of benzene rings is 1. The van der Waals surface area contributed by atoms with Crippen molar-refractivity contribution >= 4 is 38.8 Å². The maximum atomic E-state index is 12.7. The highest BCUT2D eigenvalue weighted by atomic mass is 32.1. The molecule has 0 fully saturated rings. The highest BCUT2D eigenvalue weighted by Crippen LogP contribution is 2.34. The van der Waals surface area contributed by atoms with Gasteiger partial charge >= 0.3 is 0 Å². The third-order valence-electron chi connectivity index (χ3n) is 4.91. The van der Waals surface area contributed by atoms with Gasteiger partial charge in [-0.2, -0.15) is 0 Å². The van der Waals surface area contributed by atoms with Gasteiger partial charge < -0.3 is 9.88 Å². The molecule has 0 atom stereocenters. The molecule has 0 saturated carbocycles. The Kier molecular flexibility index (Phi) is 5.34. The Bertz CT molecular complexity index is 1250. The van der Waals surface area contributed by atoms with Crippen molar-refractivity contribution in [2.75, 3.05) is 7.05 Å². The Hall–Kier alpha value is -2.77. The van der Waals surface area contributed by atoms with Crippen molar-refractivity contribution in [3.05, 3.63) is 74.0 Å². The minimum atomic E-state index is -0.193. The molecular formula is C22H21N3O2S2. The van der Waals surface area contributed by atoms with Gasteiger partial charge in [-0.25, -0.2) is 4.98 Å². The molecule has 1 aromatic carbocycles. The number of likely N-dealkylation sites (N-methyl/N-ethyl adjacent to an activating group) is 1. The normalized spacial score (nSPS) is 11.1. The molecule has 0 aliphatic rings. The number of nitrogens with zero attached hydrogens (tertiary/aromatic N) is 2. The molecule has 3 aromatic heterocycles. The second-order valence-electron chi connectivity index (χ2n) is 7.11. The van der Waals surface area contributed by atoms with Crippen LogP contribution in [0.3, 0.4) is 0 Å². The van der Waals surface area contributed by atoms with Gasteiger partial charge in [0.05, 0.1) is 11.8 Å². The molecule has 148 valence electrons. The quantitative estimate of drug-likeness (QED) is 0.513. The van der Waals surface area contributed by atoms with Crippen LogP contribution in [0.2, 0.25) is 0 Å². The van der Waals surface area contributed by atoms with E-state index < -0.39 is 0 Å². The average Bonchev–Trinajstić information content (AvgIpc) is 3.29. The van der Waals surface area contributed by atoms with Gasteiger partial charge in [0.15, 0.2) is 0 Å². The number of carbonyl (C=O) groups excluding carboxylic acids is 1. The van der Waals surface area contributed by atoms with E-state index in [4.69, 9.17) is 0 Å². The molecular weight excluding hydrogens is 402 g/mol. The summed E-state index contributed by atoms with van der Waals surface area (Å²) in [5.41, 5.74) is 2.97. The van der Waals surface area contributed by atoms with Gasteiger partial charge in [-0.15, -0.1) is 22.7 Å². The standard InChI is InChI=1S/C22H21N3O2S2/c1-13-6-4-5-7-15(13)11-25(3)19(26)10-18-23-21(27)20-16(12-28-22(20)24-18)17-9-8-14(2)29-17/h4-9,12H,10-11H2,1-3H3,(H,23,24,27). The highest BCUT2D eigenvalue weighted by Gasteiger charge is 2.17. The summed E-state index contributed by atoms with van der Waals surface area (Å²) in [7, 11) is 1.77. The van der Waals surface area contributed by atoms with Crippen LogP contribution in [0.4, 0.5) is 0 Å². The van der Waals surface area contributed by atoms with E-state index in [0.717, 1.165) is 21.6 Å². The first-order valence-corrected chi connectivity index (χ1v) is 11.0. The number of hydrogen-bond acceptors (Lipinski definition) is 5. The Morgan fingerprint density at radius 2 is 1.97 bits per heavy atom. The molecule has 1 N–H and O–H groups in total. The Labute approximate surface area is 176 Å². The van der Waals surface area contributed by atoms with E-state index >= 15 is 0 Å². The highest BCUT2D eigenvalue weighted by molar-refractivity contribution is 7.19. The smallest absolute Gasteiger partial charge is 0.260 e. The van der Waals surface area contributed by atoms with Crippen LogP contribution in [-0.4, -0.2) is 27.8 Å². The zero-order valence-corrected chi connectivity index (χ0v) is 18.1. The number of thiophene rings is 2. The molecule has 0 aliphatic carbocycles. The Morgan fingerprint density at radius 1 is 1.17 bits per heavy atom. The largest absolute Gasteiger partial charge is 0.341 e. The average molecular weight is 424 g/mol. The molecule has 7 heteroatoms. The number of aryl methyl sites for hydroxylation is 2. The number of aromatic nitrogens is 2.